The Morgan fingerprint density at radius 2 is 2.05 bits per heavy atom. The van der Waals surface area contributed by atoms with E-state index in [4.69, 9.17) is 19.3 Å². The third kappa shape index (κ3) is 2.81. The summed E-state index contributed by atoms with van der Waals surface area (Å²) in [7, 11) is 1.57. The third-order valence-electron chi connectivity index (χ3n) is 3.37. The Morgan fingerprint density at radius 3 is 2.70 bits per heavy atom. The molecule has 5 heteroatoms. The normalized spacial score (nSPS) is 14.6. The van der Waals surface area contributed by atoms with Crippen LogP contribution in [-0.2, 0) is 10.2 Å². The van der Waals surface area contributed by atoms with Crippen molar-refractivity contribution in [1.29, 1.82) is 0 Å². The largest absolute Gasteiger partial charge is 0.496 e. The third-order valence-corrected chi connectivity index (χ3v) is 3.37. The lowest BCUT2D eigenvalue weighted by Crippen LogP contribution is -2.23. The topological polar surface area (TPSA) is 65.0 Å². The maximum atomic E-state index is 11.1. The zero-order valence-corrected chi connectivity index (χ0v) is 12.1. The summed E-state index contributed by atoms with van der Waals surface area (Å²) in [5.41, 5.74) is 0.137. The van der Waals surface area contributed by atoms with Gasteiger partial charge in [-0.15, -0.1) is 0 Å². The van der Waals surface area contributed by atoms with Gasteiger partial charge in [-0.1, -0.05) is 13.8 Å². The molecule has 0 spiro atoms. The maximum Gasteiger partial charge on any atom is 0.304 e. The first-order valence-electron chi connectivity index (χ1n) is 6.64. The van der Waals surface area contributed by atoms with Crippen LogP contribution in [0.1, 0.15) is 32.3 Å². The molecule has 0 aromatic heterocycles. The fourth-order valence-electron chi connectivity index (χ4n) is 2.50. The van der Waals surface area contributed by atoms with E-state index >= 15 is 0 Å². The Balaban J connectivity index is 2.56. The van der Waals surface area contributed by atoms with Crippen molar-refractivity contribution in [2.45, 2.75) is 32.1 Å². The van der Waals surface area contributed by atoms with Gasteiger partial charge in [0.15, 0.2) is 11.5 Å². The van der Waals surface area contributed by atoms with Crippen molar-refractivity contribution in [3.63, 3.8) is 0 Å². The molecule has 1 aliphatic heterocycles. The van der Waals surface area contributed by atoms with Crippen LogP contribution in [0.4, 0.5) is 0 Å². The molecule has 1 aliphatic rings. The number of carboxylic acids is 1. The molecule has 5 nitrogen and oxygen atoms in total. The average molecular weight is 280 g/mol. The van der Waals surface area contributed by atoms with E-state index in [1.807, 2.05) is 13.8 Å². The lowest BCUT2D eigenvalue weighted by molar-refractivity contribution is -0.138. The van der Waals surface area contributed by atoms with E-state index in [-0.39, 0.29) is 6.42 Å². The molecule has 2 rings (SSSR count). The van der Waals surface area contributed by atoms with Crippen molar-refractivity contribution >= 4 is 5.97 Å². The molecule has 1 N–H and O–H groups in total. The molecular weight excluding hydrogens is 260 g/mol. The standard InChI is InChI=1S/C15H20O5/c1-15(2,9-12(16)17)13-10(18-3)5-6-11-14(13)20-8-4-7-19-11/h5-6H,4,7-9H2,1-3H3,(H,16,17). The number of rotatable bonds is 4. The van der Waals surface area contributed by atoms with Crippen LogP contribution in [0.5, 0.6) is 17.2 Å². The summed E-state index contributed by atoms with van der Waals surface area (Å²) in [5, 5.41) is 9.12. The summed E-state index contributed by atoms with van der Waals surface area (Å²) in [6.45, 7) is 4.88. The zero-order chi connectivity index (χ0) is 14.8. The Labute approximate surface area is 118 Å². The van der Waals surface area contributed by atoms with Gasteiger partial charge in [0.2, 0.25) is 0 Å². The van der Waals surface area contributed by atoms with Crippen molar-refractivity contribution in [1.82, 2.24) is 0 Å². The Bertz CT molecular complexity index is 507. The molecule has 0 atom stereocenters. The minimum absolute atomic E-state index is 0.0107. The highest BCUT2D eigenvalue weighted by Crippen LogP contribution is 2.46. The van der Waals surface area contributed by atoms with Gasteiger partial charge in [-0.3, -0.25) is 4.79 Å². The predicted octanol–water partition coefficient (Wildman–Crippen LogP) is 2.61. The van der Waals surface area contributed by atoms with Gasteiger partial charge >= 0.3 is 5.97 Å². The number of carbonyl (C=O) groups is 1. The minimum atomic E-state index is -0.857. The summed E-state index contributed by atoms with van der Waals surface area (Å²) >= 11 is 0. The van der Waals surface area contributed by atoms with Crippen molar-refractivity contribution in [2.24, 2.45) is 0 Å². The average Bonchev–Trinajstić information content (AvgIpc) is 2.60. The second kappa shape index (κ2) is 5.61. The second-order valence-corrected chi connectivity index (χ2v) is 5.47. The number of methoxy groups -OCH3 is 1. The van der Waals surface area contributed by atoms with Gasteiger partial charge in [0.25, 0.3) is 0 Å². The van der Waals surface area contributed by atoms with Gasteiger partial charge < -0.3 is 19.3 Å². The SMILES string of the molecule is COc1ccc2c(c1C(C)(C)CC(=O)O)OCCCO2. The van der Waals surface area contributed by atoms with E-state index in [0.717, 1.165) is 12.0 Å². The van der Waals surface area contributed by atoms with Crippen LogP contribution in [0.15, 0.2) is 12.1 Å². The number of ether oxygens (including phenoxy) is 3. The maximum absolute atomic E-state index is 11.1. The van der Waals surface area contributed by atoms with Gasteiger partial charge in [0.1, 0.15) is 5.75 Å². The fourth-order valence-corrected chi connectivity index (χ4v) is 2.50. The highest BCUT2D eigenvalue weighted by molar-refractivity contribution is 5.70. The van der Waals surface area contributed by atoms with Crippen molar-refractivity contribution < 1.29 is 24.1 Å². The van der Waals surface area contributed by atoms with Gasteiger partial charge in [0.05, 0.1) is 26.7 Å². The van der Waals surface area contributed by atoms with Crippen molar-refractivity contribution in [3.8, 4) is 17.2 Å². The summed E-state index contributed by atoms with van der Waals surface area (Å²) < 4.78 is 16.8. The number of hydrogen-bond donors (Lipinski definition) is 1. The van der Waals surface area contributed by atoms with E-state index in [9.17, 15) is 4.79 Å². The molecule has 0 aliphatic carbocycles. The van der Waals surface area contributed by atoms with Crippen LogP contribution in [0, 0.1) is 0 Å². The highest BCUT2D eigenvalue weighted by atomic mass is 16.5. The van der Waals surface area contributed by atoms with Crippen LogP contribution >= 0.6 is 0 Å². The molecule has 0 unspecified atom stereocenters. The second-order valence-electron chi connectivity index (χ2n) is 5.47. The van der Waals surface area contributed by atoms with E-state index < -0.39 is 11.4 Å². The van der Waals surface area contributed by atoms with Gasteiger partial charge in [-0.25, -0.2) is 0 Å². The van der Waals surface area contributed by atoms with E-state index in [0.29, 0.717) is 30.5 Å². The predicted molar refractivity (Wildman–Crippen MR) is 73.9 cm³/mol. The van der Waals surface area contributed by atoms with Crippen LogP contribution in [0.25, 0.3) is 0 Å². The lowest BCUT2D eigenvalue weighted by Gasteiger charge is -2.28. The zero-order valence-electron chi connectivity index (χ0n) is 12.1. The van der Waals surface area contributed by atoms with Crippen LogP contribution < -0.4 is 14.2 Å². The minimum Gasteiger partial charge on any atom is -0.496 e. The summed E-state index contributed by atoms with van der Waals surface area (Å²) in [6.07, 6.45) is 0.791. The first kappa shape index (κ1) is 14.5. The molecule has 1 aromatic rings. The summed E-state index contributed by atoms with van der Waals surface area (Å²) in [5.74, 6) is 1.02. The van der Waals surface area contributed by atoms with Crippen LogP contribution in [0.3, 0.4) is 0 Å². The van der Waals surface area contributed by atoms with Crippen LogP contribution in [0.2, 0.25) is 0 Å². The first-order valence-corrected chi connectivity index (χ1v) is 6.64. The lowest BCUT2D eigenvalue weighted by atomic mass is 9.80. The number of fused-ring (bicyclic) bond motifs is 1. The Kier molecular flexibility index (Phi) is 4.06. The highest BCUT2D eigenvalue weighted by Gasteiger charge is 2.33. The molecule has 110 valence electrons. The molecule has 20 heavy (non-hydrogen) atoms. The van der Waals surface area contributed by atoms with Gasteiger partial charge in [-0.05, 0) is 12.1 Å². The van der Waals surface area contributed by atoms with E-state index in [1.54, 1.807) is 19.2 Å². The van der Waals surface area contributed by atoms with E-state index in [2.05, 4.69) is 0 Å². The van der Waals surface area contributed by atoms with Gasteiger partial charge in [0, 0.05) is 17.4 Å². The molecule has 1 heterocycles. The quantitative estimate of drug-likeness (QED) is 0.918. The van der Waals surface area contributed by atoms with Crippen molar-refractivity contribution in [3.05, 3.63) is 17.7 Å². The summed E-state index contributed by atoms with van der Waals surface area (Å²) in [4.78, 5) is 11.1. The number of aliphatic carboxylic acids is 1. The molecule has 0 bridgehead atoms. The van der Waals surface area contributed by atoms with Crippen LogP contribution in [-0.4, -0.2) is 31.4 Å². The number of hydrogen-bond acceptors (Lipinski definition) is 4. The molecule has 0 fully saturated rings. The number of benzene rings is 1. The number of carboxylic acid groups (broad SMARTS) is 1. The Morgan fingerprint density at radius 1 is 1.35 bits per heavy atom. The summed E-state index contributed by atoms with van der Waals surface area (Å²) in [6, 6.07) is 3.60. The smallest absolute Gasteiger partial charge is 0.304 e. The molecule has 0 amide bonds. The molecular formula is C15H20O5. The fraction of sp³-hybridized carbons (Fsp3) is 0.533. The molecule has 1 aromatic carbocycles. The Hall–Kier alpha value is -1.91. The van der Waals surface area contributed by atoms with Gasteiger partial charge in [-0.2, -0.15) is 0 Å². The van der Waals surface area contributed by atoms with Crippen molar-refractivity contribution in [2.75, 3.05) is 20.3 Å². The monoisotopic (exact) mass is 280 g/mol. The molecule has 0 saturated carbocycles. The van der Waals surface area contributed by atoms with E-state index in [1.165, 1.54) is 0 Å². The molecule has 0 saturated heterocycles. The molecule has 0 radical (unpaired) electrons. The first-order chi connectivity index (χ1) is 9.45.